The van der Waals surface area contributed by atoms with E-state index in [1.807, 2.05) is 0 Å². The molecule has 1 aromatic rings. The highest BCUT2D eigenvalue weighted by molar-refractivity contribution is 5.04. The van der Waals surface area contributed by atoms with Crippen molar-refractivity contribution in [1.29, 1.82) is 0 Å². The van der Waals surface area contributed by atoms with Gasteiger partial charge < -0.3 is 10.1 Å². The number of hydrogen-bond donors (Lipinski definition) is 1. The maximum absolute atomic E-state index is 4.85. The monoisotopic (exact) mass is 194 g/mol. The van der Waals surface area contributed by atoms with Gasteiger partial charge in [0.2, 0.25) is 0 Å². The zero-order valence-electron chi connectivity index (χ0n) is 8.23. The Morgan fingerprint density at radius 1 is 1.43 bits per heavy atom. The lowest BCUT2D eigenvalue weighted by atomic mass is 10.0. The summed E-state index contributed by atoms with van der Waals surface area (Å²) in [5.74, 6) is 0. The van der Waals surface area contributed by atoms with Gasteiger partial charge in [-0.1, -0.05) is 11.5 Å². The summed E-state index contributed by atoms with van der Waals surface area (Å²) < 4.78 is 4.85. The molecule has 1 N–H and O–H groups in total. The van der Waals surface area contributed by atoms with Crippen LogP contribution in [0.15, 0.2) is 6.20 Å². The summed E-state index contributed by atoms with van der Waals surface area (Å²) in [5, 5.41) is 11.3. The molecule has 1 aliphatic rings. The van der Waals surface area contributed by atoms with Gasteiger partial charge in [0.25, 0.3) is 0 Å². The topological polar surface area (TPSA) is 59.9 Å². The number of rotatable bonds is 2. The van der Waals surface area contributed by atoms with Crippen molar-refractivity contribution in [2.45, 2.75) is 25.3 Å². The minimum atomic E-state index is 0.314. The summed E-state index contributed by atoms with van der Waals surface area (Å²) >= 11 is 0. The van der Waals surface area contributed by atoms with Gasteiger partial charge in [0.1, 0.15) is 0 Å². The first-order valence-corrected chi connectivity index (χ1v) is 4.87. The average Bonchev–Trinajstić information content (AvgIpc) is 2.30. The summed E-state index contributed by atoms with van der Waals surface area (Å²) in [6.45, 7) is 1.05. The van der Waals surface area contributed by atoms with Gasteiger partial charge in [0.05, 0.1) is 25.0 Å². The molecule has 1 unspecified atom stereocenters. The van der Waals surface area contributed by atoms with Gasteiger partial charge in [0, 0.05) is 0 Å². The SMILES string of the molecule is COc1ncc(C2CCCCN2)nn1. The van der Waals surface area contributed by atoms with Crippen LogP contribution in [-0.2, 0) is 0 Å². The zero-order chi connectivity index (χ0) is 9.80. The molecule has 0 aliphatic carbocycles. The van der Waals surface area contributed by atoms with Crippen molar-refractivity contribution in [3.05, 3.63) is 11.9 Å². The van der Waals surface area contributed by atoms with Crippen LogP contribution in [0.3, 0.4) is 0 Å². The average molecular weight is 194 g/mol. The Kier molecular flexibility index (Phi) is 2.88. The van der Waals surface area contributed by atoms with E-state index in [-0.39, 0.29) is 0 Å². The zero-order valence-corrected chi connectivity index (χ0v) is 8.23. The molecule has 2 heterocycles. The fourth-order valence-electron chi connectivity index (χ4n) is 1.63. The highest BCUT2D eigenvalue weighted by Crippen LogP contribution is 2.20. The van der Waals surface area contributed by atoms with E-state index in [4.69, 9.17) is 4.74 Å². The molecule has 76 valence electrons. The van der Waals surface area contributed by atoms with Crippen LogP contribution in [-0.4, -0.2) is 28.8 Å². The molecule has 1 saturated heterocycles. The smallest absolute Gasteiger partial charge is 0.335 e. The van der Waals surface area contributed by atoms with Crippen molar-refractivity contribution >= 4 is 0 Å². The van der Waals surface area contributed by atoms with Crippen LogP contribution in [0.4, 0.5) is 0 Å². The first kappa shape index (κ1) is 9.33. The second kappa shape index (κ2) is 4.32. The molecule has 0 amide bonds. The fraction of sp³-hybridized carbons (Fsp3) is 0.667. The molecule has 1 aromatic heterocycles. The van der Waals surface area contributed by atoms with E-state index in [1.165, 1.54) is 20.0 Å². The Morgan fingerprint density at radius 2 is 2.36 bits per heavy atom. The number of nitrogens with zero attached hydrogens (tertiary/aromatic N) is 3. The van der Waals surface area contributed by atoms with E-state index in [2.05, 4.69) is 20.5 Å². The number of nitrogens with one attached hydrogen (secondary N) is 1. The highest BCUT2D eigenvalue weighted by atomic mass is 16.5. The minimum absolute atomic E-state index is 0.314. The van der Waals surface area contributed by atoms with E-state index in [1.54, 1.807) is 6.20 Å². The van der Waals surface area contributed by atoms with Crippen molar-refractivity contribution in [1.82, 2.24) is 20.5 Å². The van der Waals surface area contributed by atoms with Crippen molar-refractivity contribution in [2.24, 2.45) is 0 Å². The Morgan fingerprint density at radius 3 is 2.93 bits per heavy atom. The van der Waals surface area contributed by atoms with Crippen LogP contribution in [0, 0.1) is 0 Å². The van der Waals surface area contributed by atoms with E-state index in [0.717, 1.165) is 18.7 Å². The number of ether oxygens (including phenoxy) is 1. The molecular formula is C9H14N4O. The number of aromatic nitrogens is 3. The molecule has 5 heteroatoms. The lowest BCUT2D eigenvalue weighted by Gasteiger charge is -2.21. The lowest BCUT2D eigenvalue weighted by molar-refractivity contribution is 0.362. The maximum atomic E-state index is 4.85. The standard InChI is InChI=1S/C9H14N4O/c1-14-9-11-6-8(12-13-9)7-4-2-3-5-10-7/h6-7,10H,2-5H2,1H3. The molecule has 0 aromatic carbocycles. The Bertz CT molecular complexity index is 281. The van der Waals surface area contributed by atoms with E-state index in [0.29, 0.717) is 12.1 Å². The molecule has 14 heavy (non-hydrogen) atoms. The second-order valence-electron chi connectivity index (χ2n) is 3.37. The van der Waals surface area contributed by atoms with Gasteiger partial charge in [-0.25, -0.2) is 4.98 Å². The third-order valence-electron chi connectivity index (χ3n) is 2.41. The molecule has 1 atom stereocenters. The second-order valence-corrected chi connectivity index (χ2v) is 3.37. The van der Waals surface area contributed by atoms with Crippen molar-refractivity contribution in [2.75, 3.05) is 13.7 Å². The molecule has 5 nitrogen and oxygen atoms in total. The molecule has 1 aliphatic heterocycles. The summed E-state index contributed by atoms with van der Waals surface area (Å²) in [5.41, 5.74) is 0.908. The quantitative estimate of drug-likeness (QED) is 0.750. The first-order valence-electron chi connectivity index (χ1n) is 4.87. The van der Waals surface area contributed by atoms with Crippen molar-refractivity contribution in [3.8, 4) is 6.01 Å². The molecule has 0 saturated carbocycles. The Labute approximate surface area is 82.9 Å². The summed E-state index contributed by atoms with van der Waals surface area (Å²) in [6, 6.07) is 0.638. The van der Waals surface area contributed by atoms with Crippen LogP contribution in [0.5, 0.6) is 6.01 Å². The Balaban J connectivity index is 2.07. The fourth-order valence-corrected chi connectivity index (χ4v) is 1.63. The number of methoxy groups -OCH3 is 1. The van der Waals surface area contributed by atoms with Gasteiger partial charge in [0.15, 0.2) is 0 Å². The maximum Gasteiger partial charge on any atom is 0.335 e. The minimum Gasteiger partial charge on any atom is -0.466 e. The molecule has 0 spiro atoms. The summed E-state index contributed by atoms with van der Waals surface area (Å²) in [7, 11) is 1.54. The molecule has 0 bridgehead atoms. The van der Waals surface area contributed by atoms with Crippen LogP contribution in [0.25, 0.3) is 0 Å². The van der Waals surface area contributed by atoms with Crippen LogP contribution >= 0.6 is 0 Å². The molecular weight excluding hydrogens is 180 g/mol. The van der Waals surface area contributed by atoms with Gasteiger partial charge in [-0.05, 0) is 19.4 Å². The van der Waals surface area contributed by atoms with Crippen LogP contribution in [0.2, 0.25) is 0 Å². The van der Waals surface area contributed by atoms with Crippen LogP contribution < -0.4 is 10.1 Å². The predicted octanol–water partition coefficient (Wildman–Crippen LogP) is 0.695. The lowest BCUT2D eigenvalue weighted by Crippen LogP contribution is -2.27. The number of hydrogen-bond acceptors (Lipinski definition) is 5. The van der Waals surface area contributed by atoms with E-state index >= 15 is 0 Å². The molecule has 0 radical (unpaired) electrons. The largest absolute Gasteiger partial charge is 0.466 e. The number of piperidine rings is 1. The highest BCUT2D eigenvalue weighted by Gasteiger charge is 2.16. The Hall–Kier alpha value is -1.23. The predicted molar refractivity (Wildman–Crippen MR) is 51.0 cm³/mol. The normalized spacial score (nSPS) is 21.9. The van der Waals surface area contributed by atoms with Crippen molar-refractivity contribution < 1.29 is 4.74 Å². The van der Waals surface area contributed by atoms with Crippen LogP contribution in [0.1, 0.15) is 31.0 Å². The van der Waals surface area contributed by atoms with Gasteiger partial charge >= 0.3 is 6.01 Å². The summed E-state index contributed by atoms with van der Waals surface area (Å²) in [4.78, 5) is 4.04. The molecule has 1 fully saturated rings. The third kappa shape index (κ3) is 1.98. The van der Waals surface area contributed by atoms with Gasteiger partial charge in [-0.3, -0.25) is 0 Å². The van der Waals surface area contributed by atoms with E-state index < -0.39 is 0 Å². The summed E-state index contributed by atoms with van der Waals surface area (Å²) in [6.07, 6.45) is 5.33. The third-order valence-corrected chi connectivity index (χ3v) is 2.41. The van der Waals surface area contributed by atoms with E-state index in [9.17, 15) is 0 Å². The first-order chi connectivity index (χ1) is 6.90. The molecule has 2 rings (SSSR count). The van der Waals surface area contributed by atoms with Crippen molar-refractivity contribution in [3.63, 3.8) is 0 Å². The van der Waals surface area contributed by atoms with Gasteiger partial charge in [-0.15, -0.1) is 5.10 Å². The van der Waals surface area contributed by atoms with Gasteiger partial charge in [-0.2, -0.15) is 0 Å².